The molecule has 0 atom stereocenters. The van der Waals surface area contributed by atoms with Crippen LogP contribution in [0.25, 0.3) is 0 Å². The van der Waals surface area contributed by atoms with Crippen LogP contribution in [0.5, 0.6) is 0 Å². The van der Waals surface area contributed by atoms with Crippen LogP contribution < -0.4 is 10.6 Å². The number of ether oxygens (including phenoxy) is 1. The average molecular weight is 354 g/mol. The van der Waals surface area contributed by atoms with Gasteiger partial charge in [0, 0.05) is 17.9 Å². The molecule has 0 saturated carbocycles. The first-order valence-corrected chi connectivity index (χ1v) is 8.70. The minimum absolute atomic E-state index is 0.0490. The maximum absolute atomic E-state index is 12.2. The number of nitrogens with one attached hydrogen (secondary N) is 2. The molecule has 0 saturated heterocycles. The highest BCUT2D eigenvalue weighted by Crippen LogP contribution is 2.24. The molecule has 3 N–H and O–H groups in total. The normalized spacial score (nSPS) is 12.3. The van der Waals surface area contributed by atoms with Gasteiger partial charge in [0.05, 0.1) is 12.2 Å². The van der Waals surface area contributed by atoms with E-state index in [-0.39, 0.29) is 19.1 Å². The molecular weight excluding hydrogens is 332 g/mol. The number of amides is 1. The van der Waals surface area contributed by atoms with Crippen molar-refractivity contribution in [2.24, 2.45) is 0 Å². The van der Waals surface area contributed by atoms with E-state index in [0.717, 1.165) is 24.9 Å². The lowest BCUT2D eigenvalue weighted by Crippen LogP contribution is -2.21. The van der Waals surface area contributed by atoms with E-state index in [1.54, 1.807) is 24.3 Å². The quantitative estimate of drug-likeness (QED) is 0.665. The number of rotatable bonds is 7. The molecule has 0 aromatic heterocycles. The van der Waals surface area contributed by atoms with Gasteiger partial charge in [-0.15, -0.1) is 0 Å². The largest absolute Gasteiger partial charge is 0.452 e. The summed E-state index contributed by atoms with van der Waals surface area (Å²) in [7, 11) is 0. The van der Waals surface area contributed by atoms with Gasteiger partial charge in [0.25, 0.3) is 5.91 Å². The summed E-state index contributed by atoms with van der Waals surface area (Å²) in [4.78, 5) is 24.3. The summed E-state index contributed by atoms with van der Waals surface area (Å²) in [6.45, 7) is -0.0834. The van der Waals surface area contributed by atoms with Gasteiger partial charge in [-0.05, 0) is 54.7 Å². The number of benzene rings is 2. The number of anilines is 2. The van der Waals surface area contributed by atoms with Gasteiger partial charge < -0.3 is 20.5 Å². The Morgan fingerprint density at radius 3 is 2.73 bits per heavy atom. The van der Waals surface area contributed by atoms with Gasteiger partial charge in [-0.1, -0.05) is 18.2 Å². The zero-order chi connectivity index (χ0) is 18.4. The van der Waals surface area contributed by atoms with Gasteiger partial charge in [-0.2, -0.15) is 0 Å². The molecule has 136 valence electrons. The molecular formula is C20H22N2O4. The first kappa shape index (κ1) is 17.9. The van der Waals surface area contributed by atoms with Crippen molar-refractivity contribution in [1.82, 2.24) is 0 Å². The van der Waals surface area contributed by atoms with Gasteiger partial charge >= 0.3 is 5.97 Å². The van der Waals surface area contributed by atoms with Gasteiger partial charge in [0.15, 0.2) is 6.61 Å². The molecule has 0 bridgehead atoms. The zero-order valence-corrected chi connectivity index (χ0v) is 14.5. The molecule has 2 aromatic rings. The van der Waals surface area contributed by atoms with E-state index >= 15 is 0 Å². The van der Waals surface area contributed by atoms with Gasteiger partial charge in [0.2, 0.25) is 0 Å². The van der Waals surface area contributed by atoms with E-state index in [9.17, 15) is 9.59 Å². The predicted octanol–water partition coefficient (Wildman–Crippen LogP) is 2.38. The standard InChI is InChI=1S/C20H22N2O4/c23-11-10-21-18-7-2-1-6-17(18)20(25)26-13-19(24)22-16-9-8-14-4-3-5-15(14)12-16/h1-2,6-9,12,21,23H,3-5,10-11,13H2,(H,22,24). The number of aryl methyl sites for hydroxylation is 2. The maximum Gasteiger partial charge on any atom is 0.340 e. The first-order chi connectivity index (χ1) is 12.7. The van der Waals surface area contributed by atoms with Crippen molar-refractivity contribution in [3.8, 4) is 0 Å². The molecule has 3 rings (SSSR count). The molecule has 6 heteroatoms. The van der Waals surface area contributed by atoms with Crippen LogP contribution in [0.4, 0.5) is 11.4 Å². The summed E-state index contributed by atoms with van der Waals surface area (Å²) in [6.07, 6.45) is 3.27. The smallest absolute Gasteiger partial charge is 0.340 e. The van der Waals surface area contributed by atoms with E-state index < -0.39 is 5.97 Å². The molecule has 1 aliphatic carbocycles. The third-order valence-corrected chi connectivity index (χ3v) is 4.29. The summed E-state index contributed by atoms with van der Waals surface area (Å²) in [5.74, 6) is -0.966. The lowest BCUT2D eigenvalue weighted by Gasteiger charge is -2.11. The summed E-state index contributed by atoms with van der Waals surface area (Å²) in [5.41, 5.74) is 4.21. The van der Waals surface area contributed by atoms with Crippen molar-refractivity contribution >= 4 is 23.3 Å². The van der Waals surface area contributed by atoms with Crippen molar-refractivity contribution in [1.29, 1.82) is 0 Å². The Bertz CT molecular complexity index is 804. The second-order valence-corrected chi connectivity index (χ2v) is 6.16. The highest BCUT2D eigenvalue weighted by Gasteiger charge is 2.15. The van der Waals surface area contributed by atoms with E-state index in [2.05, 4.69) is 10.6 Å². The number of esters is 1. The molecule has 6 nitrogen and oxygen atoms in total. The lowest BCUT2D eigenvalue weighted by atomic mass is 10.1. The zero-order valence-electron chi connectivity index (χ0n) is 14.5. The van der Waals surface area contributed by atoms with Crippen LogP contribution in [0.2, 0.25) is 0 Å². The summed E-state index contributed by atoms with van der Waals surface area (Å²) in [5, 5.41) is 14.6. The number of carbonyl (C=O) groups is 2. The van der Waals surface area contributed by atoms with Crippen molar-refractivity contribution in [3.05, 3.63) is 59.2 Å². The van der Waals surface area contributed by atoms with E-state index in [0.29, 0.717) is 17.8 Å². The fourth-order valence-electron chi connectivity index (χ4n) is 3.06. The number of hydrogen-bond donors (Lipinski definition) is 3. The van der Waals surface area contributed by atoms with Crippen LogP contribution in [-0.4, -0.2) is 36.7 Å². The summed E-state index contributed by atoms with van der Waals surface area (Å²) >= 11 is 0. The van der Waals surface area contributed by atoms with Gasteiger partial charge in [-0.25, -0.2) is 4.79 Å². The van der Waals surface area contributed by atoms with E-state index in [4.69, 9.17) is 9.84 Å². The van der Waals surface area contributed by atoms with Crippen LogP contribution in [0, 0.1) is 0 Å². The number of para-hydroxylation sites is 1. The molecule has 0 spiro atoms. The Morgan fingerprint density at radius 2 is 1.88 bits per heavy atom. The number of aliphatic hydroxyl groups is 1. The van der Waals surface area contributed by atoms with Crippen LogP contribution in [-0.2, 0) is 22.4 Å². The Hall–Kier alpha value is -2.86. The number of aliphatic hydroxyl groups excluding tert-OH is 1. The average Bonchev–Trinajstić information content (AvgIpc) is 3.12. The molecule has 0 heterocycles. The molecule has 0 unspecified atom stereocenters. The van der Waals surface area contributed by atoms with Crippen molar-refractivity contribution < 1.29 is 19.4 Å². The first-order valence-electron chi connectivity index (χ1n) is 8.70. The van der Waals surface area contributed by atoms with E-state index in [1.807, 2.05) is 18.2 Å². The maximum atomic E-state index is 12.2. The van der Waals surface area contributed by atoms with Crippen LogP contribution in [0.1, 0.15) is 27.9 Å². The molecule has 1 aliphatic rings. The SMILES string of the molecule is O=C(COC(=O)c1ccccc1NCCO)Nc1ccc2c(c1)CCC2. The molecule has 0 fully saturated rings. The predicted molar refractivity (Wildman–Crippen MR) is 99.4 cm³/mol. The van der Waals surface area contributed by atoms with Crippen molar-refractivity contribution in [2.45, 2.75) is 19.3 Å². The van der Waals surface area contributed by atoms with Gasteiger partial charge in [0.1, 0.15) is 0 Å². The van der Waals surface area contributed by atoms with E-state index in [1.165, 1.54) is 11.1 Å². The topological polar surface area (TPSA) is 87.7 Å². The molecule has 0 aliphatic heterocycles. The Labute approximate surface area is 152 Å². The van der Waals surface area contributed by atoms with Gasteiger partial charge in [-0.3, -0.25) is 4.79 Å². The molecule has 1 amide bonds. The highest BCUT2D eigenvalue weighted by atomic mass is 16.5. The summed E-state index contributed by atoms with van der Waals surface area (Å²) in [6, 6.07) is 12.7. The Kier molecular flexibility index (Phi) is 5.86. The fourth-order valence-corrected chi connectivity index (χ4v) is 3.06. The molecule has 0 radical (unpaired) electrons. The fraction of sp³-hybridized carbons (Fsp3) is 0.300. The third kappa shape index (κ3) is 4.40. The lowest BCUT2D eigenvalue weighted by molar-refractivity contribution is -0.119. The van der Waals surface area contributed by atoms with Crippen LogP contribution in [0.3, 0.4) is 0 Å². The monoisotopic (exact) mass is 354 g/mol. The minimum atomic E-state index is -0.588. The summed E-state index contributed by atoms with van der Waals surface area (Å²) < 4.78 is 5.12. The second-order valence-electron chi connectivity index (χ2n) is 6.16. The Balaban J connectivity index is 1.55. The highest BCUT2D eigenvalue weighted by molar-refractivity contribution is 5.98. The number of carbonyl (C=O) groups excluding carboxylic acids is 2. The second kappa shape index (κ2) is 8.49. The third-order valence-electron chi connectivity index (χ3n) is 4.29. The molecule has 26 heavy (non-hydrogen) atoms. The minimum Gasteiger partial charge on any atom is -0.452 e. The number of hydrogen-bond acceptors (Lipinski definition) is 5. The van der Waals surface area contributed by atoms with Crippen LogP contribution >= 0.6 is 0 Å². The molecule has 2 aromatic carbocycles. The van der Waals surface area contributed by atoms with Crippen molar-refractivity contribution in [2.75, 3.05) is 30.4 Å². The number of fused-ring (bicyclic) bond motifs is 1. The van der Waals surface area contributed by atoms with Crippen molar-refractivity contribution in [3.63, 3.8) is 0 Å². The Morgan fingerprint density at radius 1 is 1.08 bits per heavy atom. The van der Waals surface area contributed by atoms with Crippen LogP contribution in [0.15, 0.2) is 42.5 Å².